The van der Waals surface area contributed by atoms with Crippen LogP contribution in [0.1, 0.15) is 15.9 Å². The van der Waals surface area contributed by atoms with Crippen LogP contribution >= 0.6 is 11.6 Å². The Labute approximate surface area is 104 Å². The highest BCUT2D eigenvalue weighted by molar-refractivity contribution is 6.33. The first-order valence-electron chi connectivity index (χ1n) is 5.13. The first-order chi connectivity index (χ1) is 8.11. The molecule has 0 aliphatic carbocycles. The van der Waals surface area contributed by atoms with Crippen LogP contribution < -0.4 is 0 Å². The lowest BCUT2D eigenvalue weighted by molar-refractivity contribution is 0.112. The van der Waals surface area contributed by atoms with E-state index in [2.05, 4.69) is 0 Å². The van der Waals surface area contributed by atoms with E-state index >= 15 is 0 Å². The van der Waals surface area contributed by atoms with Crippen LogP contribution in [0.2, 0.25) is 5.02 Å². The SMILES string of the molecule is Cc1ccc(C=O)cc1-c1cc(F)ccc1Cl. The summed E-state index contributed by atoms with van der Waals surface area (Å²) in [5, 5.41) is 0.470. The van der Waals surface area contributed by atoms with E-state index in [0.717, 1.165) is 17.4 Å². The van der Waals surface area contributed by atoms with Crippen molar-refractivity contribution in [2.45, 2.75) is 6.92 Å². The molecule has 0 heterocycles. The topological polar surface area (TPSA) is 17.1 Å². The Kier molecular flexibility index (Phi) is 3.25. The van der Waals surface area contributed by atoms with Gasteiger partial charge in [0.05, 0.1) is 0 Å². The van der Waals surface area contributed by atoms with Crippen LogP contribution in [0.25, 0.3) is 11.1 Å². The number of hydrogen-bond donors (Lipinski definition) is 0. The van der Waals surface area contributed by atoms with Gasteiger partial charge in [-0.25, -0.2) is 4.39 Å². The summed E-state index contributed by atoms with van der Waals surface area (Å²) in [5.74, 6) is -0.347. The molecule has 17 heavy (non-hydrogen) atoms. The van der Waals surface area contributed by atoms with Crippen molar-refractivity contribution in [1.29, 1.82) is 0 Å². The van der Waals surface area contributed by atoms with Crippen molar-refractivity contribution < 1.29 is 9.18 Å². The van der Waals surface area contributed by atoms with Gasteiger partial charge in [0.2, 0.25) is 0 Å². The molecule has 0 bridgehead atoms. The molecular formula is C14H10ClFO. The van der Waals surface area contributed by atoms with Crippen LogP contribution in [0.15, 0.2) is 36.4 Å². The molecule has 0 fully saturated rings. The molecule has 0 radical (unpaired) electrons. The molecule has 3 heteroatoms. The Morgan fingerprint density at radius 1 is 1.12 bits per heavy atom. The summed E-state index contributed by atoms with van der Waals surface area (Å²) in [6.07, 6.45) is 0.760. The number of aldehydes is 1. The van der Waals surface area contributed by atoms with Crippen molar-refractivity contribution in [1.82, 2.24) is 0 Å². The number of halogens is 2. The van der Waals surface area contributed by atoms with E-state index in [1.54, 1.807) is 12.1 Å². The number of rotatable bonds is 2. The highest BCUT2D eigenvalue weighted by Gasteiger charge is 2.08. The van der Waals surface area contributed by atoms with Gasteiger partial charge in [-0.2, -0.15) is 0 Å². The van der Waals surface area contributed by atoms with Crippen LogP contribution in [0, 0.1) is 12.7 Å². The Morgan fingerprint density at radius 3 is 2.59 bits per heavy atom. The highest BCUT2D eigenvalue weighted by Crippen LogP contribution is 2.31. The van der Waals surface area contributed by atoms with E-state index in [1.807, 2.05) is 13.0 Å². The summed E-state index contributed by atoms with van der Waals surface area (Å²) in [6.45, 7) is 1.89. The summed E-state index contributed by atoms with van der Waals surface area (Å²) in [4.78, 5) is 10.7. The van der Waals surface area contributed by atoms with Crippen LogP contribution in [0.5, 0.6) is 0 Å². The Morgan fingerprint density at radius 2 is 1.88 bits per heavy atom. The highest BCUT2D eigenvalue weighted by atomic mass is 35.5. The maximum Gasteiger partial charge on any atom is 0.150 e. The molecule has 1 nitrogen and oxygen atoms in total. The minimum Gasteiger partial charge on any atom is -0.298 e. The van der Waals surface area contributed by atoms with Crippen LogP contribution in [-0.4, -0.2) is 6.29 Å². The molecule has 0 spiro atoms. The molecule has 2 aromatic rings. The third-order valence-corrected chi connectivity index (χ3v) is 2.95. The van der Waals surface area contributed by atoms with Gasteiger partial charge in [-0.05, 0) is 42.3 Å². The van der Waals surface area contributed by atoms with Crippen molar-refractivity contribution in [3.63, 3.8) is 0 Å². The molecule has 0 aromatic heterocycles. The van der Waals surface area contributed by atoms with Gasteiger partial charge in [0.15, 0.2) is 0 Å². The lowest BCUT2D eigenvalue weighted by Gasteiger charge is -2.09. The van der Waals surface area contributed by atoms with Crippen molar-refractivity contribution >= 4 is 17.9 Å². The number of carbonyl (C=O) groups excluding carboxylic acids is 1. The molecule has 0 aliphatic heterocycles. The number of carbonyl (C=O) groups is 1. The fraction of sp³-hybridized carbons (Fsp3) is 0.0714. The second kappa shape index (κ2) is 4.68. The van der Waals surface area contributed by atoms with Gasteiger partial charge in [0.1, 0.15) is 12.1 Å². The van der Waals surface area contributed by atoms with Gasteiger partial charge in [-0.3, -0.25) is 4.79 Å². The standard InChI is InChI=1S/C14H10ClFO/c1-9-2-3-10(8-17)6-12(9)13-7-11(16)4-5-14(13)15/h2-8H,1H3. The van der Waals surface area contributed by atoms with Gasteiger partial charge in [0.25, 0.3) is 0 Å². The van der Waals surface area contributed by atoms with Crippen molar-refractivity contribution in [2.75, 3.05) is 0 Å². The summed E-state index contributed by atoms with van der Waals surface area (Å²) in [7, 11) is 0. The van der Waals surface area contributed by atoms with Crippen LogP contribution in [-0.2, 0) is 0 Å². The summed E-state index contributed by atoms with van der Waals surface area (Å²) in [6, 6.07) is 9.45. The molecule has 0 N–H and O–H groups in total. The predicted molar refractivity (Wildman–Crippen MR) is 67.0 cm³/mol. The minimum atomic E-state index is -0.347. The van der Waals surface area contributed by atoms with Gasteiger partial charge >= 0.3 is 0 Å². The molecule has 0 unspecified atom stereocenters. The normalized spacial score (nSPS) is 10.3. The second-order valence-electron chi connectivity index (χ2n) is 3.82. The van der Waals surface area contributed by atoms with Crippen LogP contribution in [0.4, 0.5) is 4.39 Å². The molecule has 86 valence electrons. The maximum atomic E-state index is 13.2. The Bertz CT molecular complexity index is 578. The molecule has 0 atom stereocenters. The first-order valence-corrected chi connectivity index (χ1v) is 5.51. The van der Waals surface area contributed by atoms with Crippen molar-refractivity contribution in [2.24, 2.45) is 0 Å². The summed E-state index contributed by atoms with van der Waals surface area (Å²) < 4.78 is 13.2. The molecule has 0 saturated heterocycles. The molecule has 0 amide bonds. The van der Waals surface area contributed by atoms with Gasteiger partial charge < -0.3 is 0 Å². The monoisotopic (exact) mass is 248 g/mol. The van der Waals surface area contributed by atoms with Gasteiger partial charge in [0, 0.05) is 16.1 Å². The molecule has 0 saturated carbocycles. The Hall–Kier alpha value is -1.67. The summed E-state index contributed by atoms with van der Waals surface area (Å²) >= 11 is 6.04. The van der Waals surface area contributed by atoms with Gasteiger partial charge in [-0.1, -0.05) is 23.7 Å². The quantitative estimate of drug-likeness (QED) is 0.726. The Balaban J connectivity index is 2.66. The fourth-order valence-electron chi connectivity index (χ4n) is 1.71. The molecular weight excluding hydrogens is 239 g/mol. The van der Waals surface area contributed by atoms with Crippen LogP contribution in [0.3, 0.4) is 0 Å². The maximum absolute atomic E-state index is 13.2. The van der Waals surface area contributed by atoms with Crippen molar-refractivity contribution in [3.05, 3.63) is 58.4 Å². The van der Waals surface area contributed by atoms with E-state index in [1.165, 1.54) is 18.2 Å². The third-order valence-electron chi connectivity index (χ3n) is 2.62. The minimum absolute atomic E-state index is 0.347. The van der Waals surface area contributed by atoms with E-state index in [-0.39, 0.29) is 5.82 Å². The van der Waals surface area contributed by atoms with E-state index in [4.69, 9.17) is 11.6 Å². The average Bonchev–Trinajstić information content (AvgIpc) is 2.33. The van der Waals surface area contributed by atoms with Gasteiger partial charge in [-0.15, -0.1) is 0 Å². The van der Waals surface area contributed by atoms with Crippen molar-refractivity contribution in [3.8, 4) is 11.1 Å². The molecule has 2 aromatic carbocycles. The zero-order valence-corrected chi connectivity index (χ0v) is 9.96. The summed E-state index contributed by atoms with van der Waals surface area (Å²) in [5.41, 5.74) is 2.88. The fourth-order valence-corrected chi connectivity index (χ4v) is 1.93. The zero-order valence-electron chi connectivity index (χ0n) is 9.21. The van der Waals surface area contributed by atoms with E-state index < -0.39 is 0 Å². The molecule has 0 aliphatic rings. The van der Waals surface area contributed by atoms with E-state index in [0.29, 0.717) is 16.1 Å². The lowest BCUT2D eigenvalue weighted by Crippen LogP contribution is -1.89. The predicted octanol–water partition coefficient (Wildman–Crippen LogP) is 4.27. The number of aryl methyl sites for hydroxylation is 1. The molecule has 2 rings (SSSR count). The zero-order chi connectivity index (χ0) is 12.4. The third kappa shape index (κ3) is 2.37. The number of benzene rings is 2. The largest absolute Gasteiger partial charge is 0.298 e. The lowest BCUT2D eigenvalue weighted by atomic mass is 9.98. The first kappa shape index (κ1) is 11.8. The number of hydrogen-bond acceptors (Lipinski definition) is 1. The van der Waals surface area contributed by atoms with E-state index in [9.17, 15) is 9.18 Å². The smallest absolute Gasteiger partial charge is 0.150 e. The average molecular weight is 249 g/mol. The second-order valence-corrected chi connectivity index (χ2v) is 4.22.